The van der Waals surface area contributed by atoms with Crippen LogP contribution in [0, 0.1) is 11.8 Å². The third-order valence-electron chi connectivity index (χ3n) is 9.49. The normalized spacial score (nSPS) is 27.2. The van der Waals surface area contributed by atoms with Crippen molar-refractivity contribution in [2.24, 2.45) is 11.8 Å². The first-order chi connectivity index (χ1) is 20.9. The SMILES string of the molecule is C=CCN(Cc1ccccc1)C(=O)C1N(CCCO)C(=O)[C@@H]2[C@H](C(=O)N(CC=C)Cc3ccccc3)[C@]3(CC)CCC12O3. The van der Waals surface area contributed by atoms with Gasteiger partial charge in [-0.05, 0) is 36.8 Å². The van der Waals surface area contributed by atoms with Gasteiger partial charge in [0.15, 0.2) is 0 Å². The zero-order valence-electron chi connectivity index (χ0n) is 25.1. The van der Waals surface area contributed by atoms with Crippen LogP contribution in [-0.4, -0.2) is 81.0 Å². The number of aliphatic hydroxyl groups is 1. The molecular weight excluding hydrogens is 542 g/mol. The van der Waals surface area contributed by atoms with Crippen LogP contribution in [0.15, 0.2) is 86.0 Å². The molecule has 228 valence electrons. The lowest BCUT2D eigenvalue weighted by molar-refractivity contribution is -0.155. The molecule has 0 saturated carbocycles. The lowest BCUT2D eigenvalue weighted by Crippen LogP contribution is -2.56. The summed E-state index contributed by atoms with van der Waals surface area (Å²) in [5.41, 5.74) is -0.00687. The number of ether oxygens (including phenoxy) is 1. The fourth-order valence-corrected chi connectivity index (χ4v) is 7.61. The van der Waals surface area contributed by atoms with Crippen molar-refractivity contribution in [3.05, 3.63) is 97.1 Å². The highest BCUT2D eigenvalue weighted by atomic mass is 16.5. The molecule has 3 amide bonds. The summed E-state index contributed by atoms with van der Waals surface area (Å²) >= 11 is 0. The molecule has 3 heterocycles. The Labute approximate surface area is 254 Å². The van der Waals surface area contributed by atoms with Gasteiger partial charge in [-0.2, -0.15) is 0 Å². The second-order valence-electron chi connectivity index (χ2n) is 11.9. The Morgan fingerprint density at radius 3 is 2.02 bits per heavy atom. The van der Waals surface area contributed by atoms with Gasteiger partial charge in [0.2, 0.25) is 17.7 Å². The van der Waals surface area contributed by atoms with E-state index in [0.717, 1.165) is 11.1 Å². The molecule has 2 aromatic rings. The molecule has 43 heavy (non-hydrogen) atoms. The number of rotatable bonds is 14. The van der Waals surface area contributed by atoms with Crippen LogP contribution in [0.5, 0.6) is 0 Å². The quantitative estimate of drug-likeness (QED) is 0.339. The van der Waals surface area contributed by atoms with E-state index in [4.69, 9.17) is 4.74 Å². The van der Waals surface area contributed by atoms with Gasteiger partial charge in [-0.25, -0.2) is 0 Å². The molecule has 2 bridgehead atoms. The highest BCUT2D eigenvalue weighted by molar-refractivity contribution is 5.99. The van der Waals surface area contributed by atoms with Crippen molar-refractivity contribution >= 4 is 17.7 Å². The van der Waals surface area contributed by atoms with Crippen molar-refractivity contribution in [1.29, 1.82) is 0 Å². The highest BCUT2D eigenvalue weighted by Gasteiger charge is 2.79. The Hall–Kier alpha value is -3.75. The van der Waals surface area contributed by atoms with Crippen molar-refractivity contribution in [3.63, 3.8) is 0 Å². The molecule has 5 rings (SSSR count). The average Bonchev–Trinajstić information content (AvgIpc) is 3.63. The number of fused-ring (bicyclic) bond motifs is 1. The van der Waals surface area contributed by atoms with Crippen LogP contribution in [-0.2, 0) is 32.2 Å². The highest BCUT2D eigenvalue weighted by Crippen LogP contribution is 2.64. The minimum absolute atomic E-state index is 0.116. The van der Waals surface area contributed by atoms with Crippen LogP contribution < -0.4 is 0 Å². The summed E-state index contributed by atoms with van der Waals surface area (Å²) in [6.45, 7) is 11.2. The topological polar surface area (TPSA) is 90.4 Å². The lowest BCUT2D eigenvalue weighted by atomic mass is 9.64. The first kappa shape index (κ1) is 30.7. The van der Waals surface area contributed by atoms with E-state index in [2.05, 4.69) is 13.2 Å². The maximum absolute atomic E-state index is 14.6. The summed E-state index contributed by atoms with van der Waals surface area (Å²) in [5.74, 6) is -2.11. The minimum atomic E-state index is -1.12. The Morgan fingerprint density at radius 2 is 1.51 bits per heavy atom. The summed E-state index contributed by atoms with van der Waals surface area (Å²) < 4.78 is 6.95. The molecule has 5 atom stereocenters. The molecule has 0 radical (unpaired) electrons. The third kappa shape index (κ3) is 5.43. The van der Waals surface area contributed by atoms with Gasteiger partial charge >= 0.3 is 0 Å². The number of hydrogen-bond donors (Lipinski definition) is 1. The van der Waals surface area contributed by atoms with E-state index < -0.39 is 29.1 Å². The average molecular weight is 586 g/mol. The Balaban J connectivity index is 1.54. The van der Waals surface area contributed by atoms with E-state index in [1.165, 1.54) is 0 Å². The van der Waals surface area contributed by atoms with E-state index in [-0.39, 0.29) is 30.9 Å². The molecule has 3 aliphatic heterocycles. The summed E-state index contributed by atoms with van der Waals surface area (Å²) in [6, 6.07) is 18.6. The number of benzene rings is 2. The molecule has 3 saturated heterocycles. The van der Waals surface area contributed by atoms with Crippen LogP contribution in [0.3, 0.4) is 0 Å². The number of aliphatic hydroxyl groups excluding tert-OH is 1. The van der Waals surface area contributed by atoms with E-state index in [0.29, 0.717) is 51.9 Å². The second-order valence-corrected chi connectivity index (χ2v) is 11.9. The molecule has 1 N–H and O–H groups in total. The van der Waals surface area contributed by atoms with Crippen molar-refractivity contribution in [2.75, 3.05) is 26.2 Å². The standard InChI is InChI=1S/C35H43N3O5/c1-4-20-36(24-26-14-9-7-10-15-26)31(40)28-29-32(41)38(22-13-23-39)30(35(29)19-18-34(28,6-3)43-35)33(42)37(21-5-2)25-27-16-11-8-12-17-27/h4-5,7-12,14-17,28-30,39H,1-2,6,13,18-25H2,3H3/t28-,29+,30?,34+,35?/m1/s1. The van der Waals surface area contributed by atoms with Gasteiger partial charge in [0.25, 0.3) is 0 Å². The van der Waals surface area contributed by atoms with E-state index in [1.54, 1.807) is 26.9 Å². The molecule has 3 aliphatic rings. The van der Waals surface area contributed by atoms with E-state index in [9.17, 15) is 19.5 Å². The first-order valence-electron chi connectivity index (χ1n) is 15.3. The first-order valence-corrected chi connectivity index (χ1v) is 15.3. The monoisotopic (exact) mass is 585 g/mol. The fraction of sp³-hybridized carbons (Fsp3) is 0.457. The third-order valence-corrected chi connectivity index (χ3v) is 9.49. The molecule has 2 unspecified atom stereocenters. The van der Waals surface area contributed by atoms with E-state index >= 15 is 0 Å². The van der Waals surface area contributed by atoms with Gasteiger partial charge in [0.05, 0.1) is 17.4 Å². The van der Waals surface area contributed by atoms with Crippen LogP contribution >= 0.6 is 0 Å². The molecule has 8 nitrogen and oxygen atoms in total. The maximum Gasteiger partial charge on any atom is 0.248 e. The Bertz CT molecular complexity index is 1330. The molecule has 0 aliphatic carbocycles. The smallest absolute Gasteiger partial charge is 0.248 e. The number of carbonyl (C=O) groups is 3. The number of nitrogens with zero attached hydrogens (tertiary/aromatic N) is 3. The Morgan fingerprint density at radius 1 is 0.953 bits per heavy atom. The summed E-state index contributed by atoms with van der Waals surface area (Å²) in [4.78, 5) is 48.6. The van der Waals surface area contributed by atoms with Crippen LogP contribution in [0.25, 0.3) is 0 Å². The van der Waals surface area contributed by atoms with Gasteiger partial charge in [0, 0.05) is 39.3 Å². The largest absolute Gasteiger partial charge is 0.396 e. The molecular formula is C35H43N3O5. The number of hydrogen-bond acceptors (Lipinski definition) is 5. The predicted octanol–water partition coefficient (Wildman–Crippen LogP) is 3.95. The van der Waals surface area contributed by atoms with Crippen LogP contribution in [0.4, 0.5) is 0 Å². The summed E-state index contributed by atoms with van der Waals surface area (Å²) in [7, 11) is 0. The van der Waals surface area contributed by atoms with Crippen LogP contribution in [0.2, 0.25) is 0 Å². The van der Waals surface area contributed by atoms with E-state index in [1.807, 2.05) is 67.6 Å². The van der Waals surface area contributed by atoms with Crippen molar-refractivity contribution in [3.8, 4) is 0 Å². The van der Waals surface area contributed by atoms with Crippen molar-refractivity contribution in [1.82, 2.24) is 14.7 Å². The fourth-order valence-electron chi connectivity index (χ4n) is 7.61. The number of carbonyl (C=O) groups excluding carboxylic acids is 3. The molecule has 0 aromatic heterocycles. The van der Waals surface area contributed by atoms with Gasteiger partial charge in [0.1, 0.15) is 11.6 Å². The van der Waals surface area contributed by atoms with Crippen molar-refractivity contribution < 1.29 is 24.2 Å². The summed E-state index contributed by atoms with van der Waals surface area (Å²) in [6.07, 6.45) is 5.38. The number of likely N-dealkylation sites (tertiary alicyclic amines) is 1. The summed E-state index contributed by atoms with van der Waals surface area (Å²) in [5, 5.41) is 9.70. The minimum Gasteiger partial charge on any atom is -0.396 e. The molecule has 1 spiro atoms. The molecule has 2 aromatic carbocycles. The van der Waals surface area contributed by atoms with Crippen LogP contribution in [0.1, 0.15) is 43.7 Å². The van der Waals surface area contributed by atoms with Crippen molar-refractivity contribution in [2.45, 2.75) is 62.9 Å². The Kier molecular flexibility index (Phi) is 9.18. The van der Waals surface area contributed by atoms with Gasteiger partial charge in [-0.3, -0.25) is 14.4 Å². The zero-order valence-corrected chi connectivity index (χ0v) is 25.1. The zero-order chi connectivity index (χ0) is 30.6. The second kappa shape index (κ2) is 12.9. The molecule has 3 fully saturated rings. The lowest BCUT2D eigenvalue weighted by Gasteiger charge is -2.37. The van der Waals surface area contributed by atoms with Gasteiger partial charge in [-0.1, -0.05) is 79.7 Å². The maximum atomic E-state index is 14.6. The molecule has 8 heteroatoms. The number of amides is 3. The predicted molar refractivity (Wildman–Crippen MR) is 164 cm³/mol. The van der Waals surface area contributed by atoms with Gasteiger partial charge < -0.3 is 24.5 Å². The van der Waals surface area contributed by atoms with Gasteiger partial charge in [-0.15, -0.1) is 13.2 Å².